The third-order valence-electron chi connectivity index (χ3n) is 4.35. The van der Waals surface area contributed by atoms with E-state index in [4.69, 9.17) is 9.47 Å². The van der Waals surface area contributed by atoms with Crippen LogP contribution in [0.2, 0.25) is 0 Å². The molecule has 2 N–H and O–H groups in total. The van der Waals surface area contributed by atoms with Crippen molar-refractivity contribution in [1.82, 2.24) is 10.6 Å². The molecule has 0 saturated heterocycles. The van der Waals surface area contributed by atoms with E-state index in [0.717, 1.165) is 11.3 Å². The third-order valence-corrected chi connectivity index (χ3v) is 5.58. The molecule has 1 atom stereocenters. The van der Waals surface area contributed by atoms with Crippen LogP contribution in [0.4, 0.5) is 0 Å². The van der Waals surface area contributed by atoms with Gasteiger partial charge < -0.3 is 20.1 Å². The lowest BCUT2D eigenvalue weighted by Crippen LogP contribution is -2.49. The predicted molar refractivity (Wildman–Crippen MR) is 111 cm³/mol. The first-order chi connectivity index (χ1) is 13.4. The second kappa shape index (κ2) is 10.1. The van der Waals surface area contributed by atoms with Gasteiger partial charge in [-0.1, -0.05) is 20.8 Å². The van der Waals surface area contributed by atoms with Crippen LogP contribution in [0.25, 0.3) is 0 Å². The fourth-order valence-corrected chi connectivity index (χ4v) is 3.59. The second-order valence-corrected chi connectivity index (χ2v) is 7.99. The molecule has 2 amide bonds. The van der Waals surface area contributed by atoms with Gasteiger partial charge in [-0.05, 0) is 36.6 Å². The molecule has 0 unspecified atom stereocenters. The van der Waals surface area contributed by atoms with Crippen molar-refractivity contribution < 1.29 is 19.1 Å². The van der Waals surface area contributed by atoms with E-state index in [1.54, 1.807) is 29.5 Å². The molecular formula is C21H28N2O4S. The van der Waals surface area contributed by atoms with E-state index in [1.165, 1.54) is 19.1 Å². The van der Waals surface area contributed by atoms with Crippen LogP contribution in [0.1, 0.15) is 40.9 Å². The van der Waals surface area contributed by atoms with E-state index in [-0.39, 0.29) is 17.7 Å². The first-order valence-corrected chi connectivity index (χ1v) is 10.1. The number of hydrogen-bond acceptors (Lipinski definition) is 5. The molecule has 0 radical (unpaired) electrons. The maximum absolute atomic E-state index is 12.7. The molecule has 1 aromatic carbocycles. The van der Waals surface area contributed by atoms with Gasteiger partial charge in [0.05, 0.1) is 20.8 Å². The summed E-state index contributed by atoms with van der Waals surface area (Å²) in [6.45, 7) is 6.36. The number of methoxy groups -OCH3 is 2. The molecule has 0 bridgehead atoms. The topological polar surface area (TPSA) is 76.7 Å². The first-order valence-electron chi connectivity index (χ1n) is 9.27. The van der Waals surface area contributed by atoms with Gasteiger partial charge in [0.15, 0.2) is 0 Å². The van der Waals surface area contributed by atoms with Crippen molar-refractivity contribution in [3.8, 4) is 11.5 Å². The van der Waals surface area contributed by atoms with E-state index in [0.29, 0.717) is 23.6 Å². The number of hydrogen-bond donors (Lipinski definition) is 2. The molecule has 0 aliphatic carbocycles. The largest absolute Gasteiger partial charge is 0.497 e. The number of ether oxygens (including phenoxy) is 2. The van der Waals surface area contributed by atoms with Gasteiger partial charge in [0.25, 0.3) is 5.91 Å². The molecule has 2 rings (SSSR count). The maximum Gasteiger partial charge on any atom is 0.252 e. The van der Waals surface area contributed by atoms with Crippen LogP contribution in [0, 0.1) is 5.92 Å². The Morgan fingerprint density at radius 1 is 1.04 bits per heavy atom. The summed E-state index contributed by atoms with van der Waals surface area (Å²) in [5.74, 6) is 0.407. The summed E-state index contributed by atoms with van der Waals surface area (Å²) < 4.78 is 10.4. The fourth-order valence-electron chi connectivity index (χ4n) is 2.69. The van der Waals surface area contributed by atoms with Crippen molar-refractivity contribution in [2.75, 3.05) is 14.2 Å². The number of amides is 2. The van der Waals surface area contributed by atoms with Crippen LogP contribution in [0.5, 0.6) is 11.5 Å². The number of aryl methyl sites for hydroxylation is 1. The van der Waals surface area contributed by atoms with Crippen molar-refractivity contribution >= 4 is 23.2 Å². The highest BCUT2D eigenvalue weighted by Crippen LogP contribution is 2.23. The van der Waals surface area contributed by atoms with Crippen LogP contribution in [-0.4, -0.2) is 32.1 Å². The standard InChI is InChI=1S/C21H28N2O4S/c1-6-17-7-8-18(28-17)12-22-21(25)19(13(2)3)23-20(24)14-9-15(26-4)11-16(10-14)27-5/h7-11,13,19H,6,12H2,1-5H3,(H,22,25)(H,23,24)/t19-/m0/s1. The Kier molecular flexibility index (Phi) is 7.87. The van der Waals surface area contributed by atoms with Gasteiger partial charge in [-0.3, -0.25) is 9.59 Å². The Hall–Kier alpha value is -2.54. The Balaban J connectivity index is 2.06. The Labute approximate surface area is 170 Å². The van der Waals surface area contributed by atoms with Crippen molar-refractivity contribution in [2.45, 2.75) is 39.8 Å². The lowest BCUT2D eigenvalue weighted by atomic mass is 10.0. The highest BCUT2D eigenvalue weighted by Gasteiger charge is 2.25. The van der Waals surface area contributed by atoms with Crippen LogP contribution in [0.3, 0.4) is 0 Å². The van der Waals surface area contributed by atoms with Crippen molar-refractivity contribution in [3.05, 3.63) is 45.6 Å². The van der Waals surface area contributed by atoms with Gasteiger partial charge in [0.1, 0.15) is 17.5 Å². The second-order valence-electron chi connectivity index (χ2n) is 6.74. The molecule has 0 aliphatic rings. The number of carbonyl (C=O) groups excluding carboxylic acids is 2. The van der Waals surface area contributed by atoms with Crippen LogP contribution in [-0.2, 0) is 17.8 Å². The van der Waals surface area contributed by atoms with Crippen LogP contribution >= 0.6 is 11.3 Å². The number of carbonyl (C=O) groups is 2. The molecule has 0 saturated carbocycles. The van der Waals surface area contributed by atoms with E-state index >= 15 is 0 Å². The number of benzene rings is 1. The Morgan fingerprint density at radius 2 is 1.64 bits per heavy atom. The normalized spacial score (nSPS) is 11.8. The average Bonchev–Trinajstić information content (AvgIpc) is 3.17. The van der Waals surface area contributed by atoms with Crippen molar-refractivity contribution in [1.29, 1.82) is 0 Å². The molecular weight excluding hydrogens is 376 g/mol. The molecule has 2 aromatic rings. The maximum atomic E-state index is 12.7. The summed E-state index contributed by atoms with van der Waals surface area (Å²) in [7, 11) is 3.05. The Morgan fingerprint density at radius 3 is 2.14 bits per heavy atom. The zero-order chi connectivity index (χ0) is 20.7. The van der Waals surface area contributed by atoms with E-state index in [9.17, 15) is 9.59 Å². The smallest absolute Gasteiger partial charge is 0.252 e. The first kappa shape index (κ1) is 21.8. The summed E-state index contributed by atoms with van der Waals surface area (Å²) in [6, 6.07) is 8.38. The zero-order valence-electron chi connectivity index (χ0n) is 17.0. The lowest BCUT2D eigenvalue weighted by Gasteiger charge is -2.22. The van der Waals surface area contributed by atoms with Gasteiger partial charge in [-0.15, -0.1) is 11.3 Å². The molecule has 0 spiro atoms. The predicted octanol–water partition coefficient (Wildman–Crippen LogP) is 3.40. The van der Waals surface area contributed by atoms with Crippen LogP contribution in [0.15, 0.2) is 30.3 Å². The SMILES string of the molecule is CCc1ccc(CNC(=O)[C@@H](NC(=O)c2cc(OC)cc(OC)c2)C(C)C)s1. The molecule has 6 nitrogen and oxygen atoms in total. The summed E-state index contributed by atoms with van der Waals surface area (Å²) >= 11 is 1.68. The van der Waals surface area contributed by atoms with Gasteiger partial charge >= 0.3 is 0 Å². The molecule has 1 aromatic heterocycles. The number of rotatable bonds is 9. The monoisotopic (exact) mass is 404 g/mol. The summed E-state index contributed by atoms with van der Waals surface area (Å²) in [5, 5.41) is 5.76. The fraction of sp³-hybridized carbons (Fsp3) is 0.429. The molecule has 152 valence electrons. The minimum atomic E-state index is -0.643. The Bertz CT molecular complexity index is 794. The lowest BCUT2D eigenvalue weighted by molar-refractivity contribution is -0.124. The van der Waals surface area contributed by atoms with Gasteiger partial charge in [-0.2, -0.15) is 0 Å². The average molecular weight is 405 g/mol. The van der Waals surface area contributed by atoms with Crippen molar-refractivity contribution in [2.24, 2.45) is 5.92 Å². The quantitative estimate of drug-likeness (QED) is 0.672. The van der Waals surface area contributed by atoms with Gasteiger partial charge in [-0.25, -0.2) is 0 Å². The van der Waals surface area contributed by atoms with Crippen molar-refractivity contribution in [3.63, 3.8) is 0 Å². The van der Waals surface area contributed by atoms with Gasteiger partial charge in [0, 0.05) is 21.4 Å². The molecule has 1 heterocycles. The third kappa shape index (κ3) is 5.73. The van der Waals surface area contributed by atoms with E-state index in [2.05, 4.69) is 23.6 Å². The highest BCUT2D eigenvalue weighted by molar-refractivity contribution is 7.11. The molecule has 28 heavy (non-hydrogen) atoms. The van der Waals surface area contributed by atoms with Crippen LogP contribution < -0.4 is 20.1 Å². The number of nitrogens with one attached hydrogen (secondary N) is 2. The molecule has 0 aliphatic heterocycles. The molecule has 0 fully saturated rings. The minimum Gasteiger partial charge on any atom is -0.497 e. The summed E-state index contributed by atoms with van der Waals surface area (Å²) in [5.41, 5.74) is 0.375. The zero-order valence-corrected chi connectivity index (χ0v) is 17.8. The number of thiophene rings is 1. The summed E-state index contributed by atoms with van der Waals surface area (Å²) in [6.07, 6.45) is 0.979. The van der Waals surface area contributed by atoms with E-state index < -0.39 is 6.04 Å². The van der Waals surface area contributed by atoms with E-state index in [1.807, 2.05) is 19.9 Å². The molecule has 7 heteroatoms. The minimum absolute atomic E-state index is 0.0639. The summed E-state index contributed by atoms with van der Waals surface area (Å²) in [4.78, 5) is 27.8. The highest BCUT2D eigenvalue weighted by atomic mass is 32.1. The van der Waals surface area contributed by atoms with Gasteiger partial charge in [0.2, 0.25) is 5.91 Å².